The quantitative estimate of drug-likeness (QED) is 0.383. The average Bonchev–Trinajstić information content (AvgIpc) is 2.74. The van der Waals surface area contributed by atoms with Crippen molar-refractivity contribution in [3.05, 3.63) is 23.4 Å². The molecule has 0 aromatic carbocycles. The Morgan fingerprint density at radius 3 is 2.79 bits per heavy atom. The van der Waals surface area contributed by atoms with E-state index in [1.165, 1.54) is 0 Å². The Morgan fingerprint density at radius 2 is 2.07 bits per heavy atom. The van der Waals surface area contributed by atoms with Gasteiger partial charge in [0.25, 0.3) is 5.91 Å². The maximum absolute atomic E-state index is 12.4. The largest absolute Gasteiger partial charge is 0.380 e. The van der Waals surface area contributed by atoms with Crippen LogP contribution in [0.15, 0.2) is 18.3 Å². The number of carbonyl (C=O) groups is 2. The van der Waals surface area contributed by atoms with Crippen molar-refractivity contribution in [3.8, 4) is 0 Å². The number of ether oxygens (including phenoxy) is 1. The van der Waals surface area contributed by atoms with Gasteiger partial charge in [0, 0.05) is 51.5 Å². The Labute approximate surface area is 180 Å². The molecule has 2 aliphatic rings. The first-order valence-electron chi connectivity index (χ1n) is 9.67. The minimum atomic E-state index is -0.612. The van der Waals surface area contributed by atoms with E-state index in [2.05, 4.69) is 26.1 Å². The number of amides is 2. The van der Waals surface area contributed by atoms with Crippen LogP contribution in [0.2, 0.25) is 5.02 Å². The third kappa shape index (κ3) is 6.42. The highest BCUT2D eigenvalue weighted by molar-refractivity contribution is 6.31. The van der Waals surface area contributed by atoms with Crippen LogP contribution in [0.25, 0.3) is 0 Å². The summed E-state index contributed by atoms with van der Waals surface area (Å²) in [5.74, 6) is 0.728. The molecule has 2 saturated heterocycles. The SMILES string of the molecule is O=C1NNCC(NCCOCCC(=O)N2CCN(c3ccc(Cl)cn3)CC2)C1Cl. The number of rotatable bonds is 8. The Morgan fingerprint density at radius 1 is 1.28 bits per heavy atom. The highest BCUT2D eigenvalue weighted by Gasteiger charge is 2.29. The fraction of sp³-hybridized carbons (Fsp3) is 0.611. The number of hydrogen-bond acceptors (Lipinski definition) is 7. The van der Waals surface area contributed by atoms with Crippen molar-refractivity contribution in [3.63, 3.8) is 0 Å². The van der Waals surface area contributed by atoms with Gasteiger partial charge in [-0.25, -0.2) is 10.4 Å². The number of anilines is 1. The van der Waals surface area contributed by atoms with Crippen LogP contribution in [-0.4, -0.2) is 85.6 Å². The predicted molar refractivity (Wildman–Crippen MR) is 111 cm³/mol. The molecule has 160 valence electrons. The number of nitrogens with zero attached hydrogens (tertiary/aromatic N) is 3. The first kappa shape index (κ1) is 22.0. The molecule has 2 aliphatic heterocycles. The molecule has 2 unspecified atom stereocenters. The van der Waals surface area contributed by atoms with E-state index in [4.69, 9.17) is 27.9 Å². The second-order valence-corrected chi connectivity index (χ2v) is 7.80. The zero-order valence-electron chi connectivity index (χ0n) is 16.1. The highest BCUT2D eigenvalue weighted by Crippen LogP contribution is 2.16. The zero-order valence-corrected chi connectivity index (χ0v) is 17.6. The van der Waals surface area contributed by atoms with E-state index in [-0.39, 0.29) is 17.9 Å². The maximum atomic E-state index is 12.4. The van der Waals surface area contributed by atoms with Crippen LogP contribution in [0.3, 0.4) is 0 Å². The minimum absolute atomic E-state index is 0.0932. The Bertz CT molecular complexity index is 685. The molecule has 0 aliphatic carbocycles. The van der Waals surface area contributed by atoms with Gasteiger partial charge in [0.05, 0.1) is 24.7 Å². The number of nitrogens with one attached hydrogen (secondary N) is 3. The molecule has 0 saturated carbocycles. The van der Waals surface area contributed by atoms with Crippen LogP contribution in [0, 0.1) is 0 Å². The molecule has 3 N–H and O–H groups in total. The molecule has 3 heterocycles. The number of halogens is 2. The van der Waals surface area contributed by atoms with Crippen LogP contribution in [-0.2, 0) is 14.3 Å². The molecule has 1 aromatic rings. The first-order chi connectivity index (χ1) is 14.0. The molecule has 3 rings (SSSR count). The second-order valence-electron chi connectivity index (χ2n) is 6.90. The monoisotopic (exact) mass is 444 g/mol. The Hall–Kier alpha value is -1.65. The van der Waals surface area contributed by atoms with Crippen LogP contribution < -0.4 is 21.1 Å². The van der Waals surface area contributed by atoms with Gasteiger partial charge in [-0.2, -0.15) is 0 Å². The van der Waals surface area contributed by atoms with Gasteiger partial charge in [-0.05, 0) is 12.1 Å². The molecule has 11 heteroatoms. The molecule has 9 nitrogen and oxygen atoms in total. The predicted octanol–water partition coefficient (Wildman–Crippen LogP) is -0.00970. The highest BCUT2D eigenvalue weighted by atomic mass is 35.5. The van der Waals surface area contributed by atoms with E-state index < -0.39 is 5.38 Å². The van der Waals surface area contributed by atoms with Gasteiger partial charge in [0.1, 0.15) is 11.2 Å². The normalized spacial score (nSPS) is 22.5. The third-order valence-corrected chi connectivity index (χ3v) is 5.64. The second kappa shape index (κ2) is 10.9. The third-order valence-electron chi connectivity index (χ3n) is 4.92. The summed E-state index contributed by atoms with van der Waals surface area (Å²) < 4.78 is 5.54. The van der Waals surface area contributed by atoms with Gasteiger partial charge < -0.3 is 19.9 Å². The molecular weight excluding hydrogens is 419 g/mol. The Balaban J connectivity index is 1.27. The average molecular weight is 445 g/mol. The lowest BCUT2D eigenvalue weighted by Gasteiger charge is -2.35. The first-order valence-corrected chi connectivity index (χ1v) is 10.5. The summed E-state index contributed by atoms with van der Waals surface area (Å²) in [5, 5.41) is 3.18. The molecule has 2 amide bonds. The van der Waals surface area contributed by atoms with Crippen molar-refractivity contribution in [1.29, 1.82) is 0 Å². The number of aromatic nitrogens is 1. The van der Waals surface area contributed by atoms with E-state index in [0.29, 0.717) is 50.8 Å². The lowest BCUT2D eigenvalue weighted by atomic mass is 10.1. The van der Waals surface area contributed by atoms with Gasteiger partial charge >= 0.3 is 0 Å². The van der Waals surface area contributed by atoms with Crippen molar-refractivity contribution in [2.24, 2.45) is 0 Å². The van der Waals surface area contributed by atoms with Crippen LogP contribution >= 0.6 is 23.2 Å². The number of pyridine rings is 1. The smallest absolute Gasteiger partial charge is 0.253 e. The van der Waals surface area contributed by atoms with Crippen molar-refractivity contribution < 1.29 is 14.3 Å². The van der Waals surface area contributed by atoms with Crippen LogP contribution in [0.4, 0.5) is 5.82 Å². The lowest BCUT2D eigenvalue weighted by Crippen LogP contribution is -2.61. The van der Waals surface area contributed by atoms with E-state index in [1.54, 1.807) is 6.20 Å². The molecule has 0 bridgehead atoms. The van der Waals surface area contributed by atoms with Gasteiger partial charge in [-0.15, -0.1) is 11.6 Å². The van der Waals surface area contributed by atoms with Crippen molar-refractivity contribution in [1.82, 2.24) is 26.1 Å². The maximum Gasteiger partial charge on any atom is 0.253 e. The number of hydrogen-bond donors (Lipinski definition) is 3. The van der Waals surface area contributed by atoms with E-state index in [0.717, 1.165) is 18.9 Å². The number of hydrazine groups is 1. The summed E-state index contributed by atoms with van der Waals surface area (Å²) in [6, 6.07) is 3.56. The molecule has 2 fully saturated rings. The fourth-order valence-electron chi connectivity index (χ4n) is 3.26. The van der Waals surface area contributed by atoms with E-state index in [1.807, 2.05) is 17.0 Å². The van der Waals surface area contributed by atoms with Crippen LogP contribution in [0.5, 0.6) is 0 Å². The van der Waals surface area contributed by atoms with Gasteiger partial charge in [0.2, 0.25) is 5.91 Å². The molecular formula is C18H26Cl2N6O3. The van der Waals surface area contributed by atoms with Crippen LogP contribution in [0.1, 0.15) is 6.42 Å². The van der Waals surface area contributed by atoms with Gasteiger partial charge in [0.15, 0.2) is 0 Å². The molecule has 0 spiro atoms. The zero-order chi connectivity index (χ0) is 20.6. The number of piperazine rings is 1. The summed E-state index contributed by atoms with van der Waals surface area (Å²) in [5.41, 5.74) is 5.27. The molecule has 1 aromatic heterocycles. The number of carbonyl (C=O) groups excluding carboxylic acids is 2. The summed E-state index contributed by atoms with van der Waals surface area (Å²) in [6.45, 7) is 4.75. The molecule has 0 radical (unpaired) electrons. The van der Waals surface area contributed by atoms with Crippen molar-refractivity contribution >= 4 is 40.8 Å². The van der Waals surface area contributed by atoms with Gasteiger partial charge in [-0.3, -0.25) is 15.0 Å². The topological polar surface area (TPSA) is 98.8 Å². The Kier molecular flexibility index (Phi) is 8.31. The number of alkyl halides is 1. The summed E-state index contributed by atoms with van der Waals surface area (Å²) in [4.78, 5) is 32.1. The molecule has 2 atom stereocenters. The van der Waals surface area contributed by atoms with Crippen molar-refractivity contribution in [2.75, 3.05) is 57.4 Å². The fourth-order valence-corrected chi connectivity index (χ4v) is 3.60. The van der Waals surface area contributed by atoms with Gasteiger partial charge in [-0.1, -0.05) is 11.6 Å². The minimum Gasteiger partial charge on any atom is -0.380 e. The van der Waals surface area contributed by atoms with E-state index in [9.17, 15) is 9.59 Å². The molecule has 29 heavy (non-hydrogen) atoms. The van der Waals surface area contributed by atoms with E-state index >= 15 is 0 Å². The summed E-state index contributed by atoms with van der Waals surface area (Å²) in [6.07, 6.45) is 1.98. The summed E-state index contributed by atoms with van der Waals surface area (Å²) in [7, 11) is 0. The lowest BCUT2D eigenvalue weighted by molar-refractivity contribution is -0.132. The van der Waals surface area contributed by atoms with Crippen molar-refractivity contribution in [2.45, 2.75) is 17.8 Å². The standard InChI is InChI=1S/C18H26Cl2N6O3/c19-13-1-2-15(22-11-13)25-5-7-26(8-6-25)16(27)3-9-29-10-4-21-14-12-23-24-18(28)17(14)20/h1-2,11,14,17,21,23H,3-10,12H2,(H,24,28). The summed E-state index contributed by atoms with van der Waals surface area (Å²) >= 11 is 11.9.